The Morgan fingerprint density at radius 1 is 0.882 bits per heavy atom. The molecule has 0 amide bonds. The highest BCUT2D eigenvalue weighted by molar-refractivity contribution is 5.39. The minimum Gasteiger partial charge on any atom is -0.497 e. The van der Waals surface area contributed by atoms with Crippen LogP contribution in [0.25, 0.3) is 0 Å². The lowest BCUT2D eigenvalue weighted by Gasteiger charge is -2.22. The van der Waals surface area contributed by atoms with Gasteiger partial charge in [0.2, 0.25) is 5.92 Å². The Hall–Kier alpha value is -1.40. The monoisotopic (exact) mass is 257 g/mol. The maximum atomic E-state index is 12.3. The molecule has 0 fully saturated rings. The average molecular weight is 257 g/mol. The first kappa shape index (κ1) is 13.7. The molecule has 95 valence electrons. The van der Waals surface area contributed by atoms with Gasteiger partial charge in [-0.15, -0.1) is 0 Å². The van der Waals surface area contributed by atoms with Crippen molar-refractivity contribution < 1.29 is 31.1 Å². The number of hydrogen-bond donors (Lipinski definition) is 0. The molecule has 1 rings (SSSR count). The summed E-state index contributed by atoms with van der Waals surface area (Å²) in [6.45, 7) is 0. The van der Waals surface area contributed by atoms with Gasteiger partial charge in [0.15, 0.2) is 0 Å². The molecule has 0 aliphatic carbocycles. The van der Waals surface area contributed by atoms with Crippen LogP contribution in [0.2, 0.25) is 0 Å². The predicted octanol–water partition coefficient (Wildman–Crippen LogP) is 3.74. The van der Waals surface area contributed by atoms with E-state index in [0.717, 1.165) is 24.3 Å². The first-order chi connectivity index (χ1) is 7.66. The number of hydrogen-bond acceptors (Lipinski definition) is 1. The third-order valence-electron chi connectivity index (χ3n) is 1.95. The molecule has 1 aromatic rings. The van der Waals surface area contributed by atoms with E-state index in [2.05, 4.69) is 4.74 Å². The number of benzene rings is 1. The van der Waals surface area contributed by atoms with Crippen LogP contribution in [0.1, 0.15) is 5.56 Å². The molecule has 0 aliphatic heterocycles. The SMILES string of the molecule is COc1ccc([C](C(F)(F)F)C(F)(F)F)cc1. The molecule has 17 heavy (non-hydrogen) atoms. The van der Waals surface area contributed by atoms with Crippen LogP contribution in [0.4, 0.5) is 26.3 Å². The minimum atomic E-state index is -5.45. The fraction of sp³-hybridized carbons (Fsp3) is 0.300. The predicted molar refractivity (Wildman–Crippen MR) is 47.4 cm³/mol. The Morgan fingerprint density at radius 2 is 1.29 bits per heavy atom. The molecular weight excluding hydrogens is 250 g/mol. The van der Waals surface area contributed by atoms with Crippen LogP contribution in [0, 0.1) is 5.92 Å². The highest BCUT2D eigenvalue weighted by Crippen LogP contribution is 2.45. The summed E-state index contributed by atoms with van der Waals surface area (Å²) in [7, 11) is 1.26. The molecule has 0 saturated carbocycles. The van der Waals surface area contributed by atoms with E-state index in [0.29, 0.717) is 0 Å². The van der Waals surface area contributed by atoms with Gasteiger partial charge in [-0.3, -0.25) is 0 Å². The van der Waals surface area contributed by atoms with Crippen LogP contribution >= 0.6 is 0 Å². The van der Waals surface area contributed by atoms with Crippen molar-refractivity contribution in [3.63, 3.8) is 0 Å². The summed E-state index contributed by atoms with van der Waals surface area (Å²) < 4.78 is 78.4. The molecule has 0 saturated heterocycles. The van der Waals surface area contributed by atoms with E-state index in [1.807, 2.05) is 0 Å². The minimum absolute atomic E-state index is 0.178. The van der Waals surface area contributed by atoms with Gasteiger partial charge in [-0.1, -0.05) is 12.1 Å². The molecule has 1 radical (unpaired) electrons. The molecule has 1 aromatic carbocycles. The lowest BCUT2D eigenvalue weighted by atomic mass is 9.98. The van der Waals surface area contributed by atoms with Crippen molar-refractivity contribution in [2.75, 3.05) is 7.11 Å². The molecule has 0 N–H and O–H groups in total. The van der Waals surface area contributed by atoms with Gasteiger partial charge in [0.25, 0.3) is 0 Å². The van der Waals surface area contributed by atoms with Crippen LogP contribution in [0.3, 0.4) is 0 Å². The Labute approximate surface area is 93.0 Å². The Kier molecular flexibility index (Phi) is 3.59. The molecular formula is C10H7F6O. The van der Waals surface area contributed by atoms with Crippen molar-refractivity contribution in [1.29, 1.82) is 0 Å². The normalized spacial score (nSPS) is 12.9. The van der Waals surface area contributed by atoms with Crippen LogP contribution in [0.5, 0.6) is 5.75 Å². The van der Waals surface area contributed by atoms with Crippen molar-refractivity contribution in [1.82, 2.24) is 0 Å². The number of alkyl halides is 6. The largest absolute Gasteiger partial charge is 0.497 e. The second-order valence-electron chi connectivity index (χ2n) is 3.10. The molecule has 0 bridgehead atoms. The average Bonchev–Trinajstić information content (AvgIpc) is 2.14. The van der Waals surface area contributed by atoms with Gasteiger partial charge in [0, 0.05) is 0 Å². The summed E-state index contributed by atoms with van der Waals surface area (Å²) in [5.74, 6) is -2.34. The molecule has 0 aromatic heterocycles. The number of ether oxygens (including phenoxy) is 1. The third kappa shape index (κ3) is 3.28. The zero-order valence-corrected chi connectivity index (χ0v) is 8.49. The fourth-order valence-electron chi connectivity index (χ4n) is 1.25. The Morgan fingerprint density at radius 3 is 1.59 bits per heavy atom. The van der Waals surface area contributed by atoms with Crippen molar-refractivity contribution in [2.24, 2.45) is 0 Å². The molecule has 1 nitrogen and oxygen atoms in total. The van der Waals surface area contributed by atoms with Crippen LogP contribution in [-0.4, -0.2) is 19.5 Å². The van der Waals surface area contributed by atoms with Gasteiger partial charge >= 0.3 is 12.4 Å². The number of methoxy groups -OCH3 is 1. The topological polar surface area (TPSA) is 9.23 Å². The quantitative estimate of drug-likeness (QED) is 0.733. The molecule has 0 heterocycles. The summed E-state index contributed by atoms with van der Waals surface area (Å²) in [5.41, 5.74) is -0.939. The highest BCUT2D eigenvalue weighted by Gasteiger charge is 2.58. The first-order valence-corrected chi connectivity index (χ1v) is 4.32. The molecule has 0 unspecified atom stereocenters. The van der Waals surface area contributed by atoms with E-state index < -0.39 is 23.8 Å². The second-order valence-corrected chi connectivity index (χ2v) is 3.10. The van der Waals surface area contributed by atoms with Crippen LogP contribution in [0.15, 0.2) is 24.3 Å². The molecule has 0 spiro atoms. The van der Waals surface area contributed by atoms with Gasteiger partial charge in [0.1, 0.15) is 5.75 Å². The van der Waals surface area contributed by atoms with Crippen molar-refractivity contribution in [3.05, 3.63) is 35.7 Å². The van der Waals surface area contributed by atoms with Gasteiger partial charge < -0.3 is 4.74 Å². The van der Waals surface area contributed by atoms with E-state index in [-0.39, 0.29) is 5.75 Å². The summed E-state index contributed by atoms with van der Waals surface area (Å²) >= 11 is 0. The molecule has 0 aliphatic rings. The summed E-state index contributed by atoms with van der Waals surface area (Å²) in [4.78, 5) is 0. The highest BCUT2D eigenvalue weighted by atomic mass is 19.4. The van der Waals surface area contributed by atoms with E-state index in [1.54, 1.807) is 0 Å². The standard InChI is InChI=1S/C10H7F6O/c1-17-7-4-2-6(3-5-7)8(9(11,12)13)10(14,15)16/h2-5H,1H3. The Balaban J connectivity index is 3.14. The third-order valence-corrected chi connectivity index (χ3v) is 1.95. The zero-order valence-electron chi connectivity index (χ0n) is 8.49. The fourth-order valence-corrected chi connectivity index (χ4v) is 1.25. The smallest absolute Gasteiger partial charge is 0.408 e. The second kappa shape index (κ2) is 4.46. The van der Waals surface area contributed by atoms with E-state index in [4.69, 9.17) is 0 Å². The van der Waals surface area contributed by atoms with Gasteiger partial charge in [-0.2, -0.15) is 26.3 Å². The van der Waals surface area contributed by atoms with Crippen LogP contribution < -0.4 is 4.74 Å². The van der Waals surface area contributed by atoms with Crippen LogP contribution in [-0.2, 0) is 0 Å². The van der Waals surface area contributed by atoms with Crippen molar-refractivity contribution in [3.8, 4) is 5.75 Å². The number of halogens is 6. The molecule has 0 atom stereocenters. The van der Waals surface area contributed by atoms with Crippen molar-refractivity contribution >= 4 is 0 Å². The zero-order chi connectivity index (χ0) is 13.3. The van der Waals surface area contributed by atoms with E-state index in [9.17, 15) is 26.3 Å². The number of rotatable bonds is 2. The van der Waals surface area contributed by atoms with E-state index in [1.165, 1.54) is 7.11 Å². The first-order valence-electron chi connectivity index (χ1n) is 4.32. The van der Waals surface area contributed by atoms with Gasteiger partial charge in [-0.05, 0) is 17.7 Å². The summed E-state index contributed by atoms with van der Waals surface area (Å²) in [6.07, 6.45) is -10.9. The van der Waals surface area contributed by atoms with Gasteiger partial charge in [-0.25, -0.2) is 0 Å². The summed E-state index contributed by atoms with van der Waals surface area (Å²) in [5, 5.41) is 0. The lowest BCUT2D eigenvalue weighted by molar-refractivity contribution is -0.197. The maximum absolute atomic E-state index is 12.3. The molecule has 7 heteroatoms. The Bertz CT molecular complexity index is 350. The maximum Gasteiger partial charge on any atom is 0.408 e. The van der Waals surface area contributed by atoms with Crippen molar-refractivity contribution in [2.45, 2.75) is 12.4 Å². The van der Waals surface area contributed by atoms with Gasteiger partial charge in [0.05, 0.1) is 7.11 Å². The lowest BCUT2D eigenvalue weighted by Crippen LogP contribution is -2.35. The summed E-state index contributed by atoms with van der Waals surface area (Å²) in [6, 6.07) is 3.50. The van der Waals surface area contributed by atoms with E-state index >= 15 is 0 Å².